The van der Waals surface area contributed by atoms with Gasteiger partial charge in [0.05, 0.1) is 23.2 Å². The minimum atomic E-state index is -3.81. The Kier molecular flexibility index (Phi) is 9.13. The average Bonchev–Trinajstić information content (AvgIpc) is 3.78. The van der Waals surface area contributed by atoms with Crippen LogP contribution in [0.1, 0.15) is 57.9 Å². The number of ether oxygens (including phenoxy) is 1. The molecule has 3 fully saturated rings. The van der Waals surface area contributed by atoms with Gasteiger partial charge in [0.2, 0.25) is 10.0 Å². The molecule has 1 N–H and O–H groups in total. The number of carbonyl (C=O) groups is 1. The molecular formula is C29H41N3O5S. The monoisotopic (exact) mass is 543 g/mol. The van der Waals surface area contributed by atoms with E-state index in [4.69, 9.17) is 9.57 Å². The minimum Gasteiger partial charge on any atom is -0.495 e. The standard InChI is InChI=1S/C29H41N3O5S/c1-5-22(2)10-11-23(3)37-25-14-18-32(19-15-25)38(34,35)27-9-7-6-8-26(27)29(28(33)30-36-4)16-20-31(21-17-29)24-12-13-24/h5-11,24-25H,1,12-21H2,2-4H3,(H,30,33)/b22-10-,23-11+. The summed E-state index contributed by atoms with van der Waals surface area (Å²) in [6, 6.07) is 7.60. The molecular weight excluding hydrogens is 502 g/mol. The van der Waals surface area contributed by atoms with Gasteiger partial charge in [-0.1, -0.05) is 42.5 Å². The van der Waals surface area contributed by atoms with Gasteiger partial charge in [-0.3, -0.25) is 9.63 Å². The van der Waals surface area contributed by atoms with Gasteiger partial charge in [0.25, 0.3) is 5.91 Å². The molecule has 0 bridgehead atoms. The van der Waals surface area contributed by atoms with Crippen molar-refractivity contribution in [2.75, 3.05) is 33.3 Å². The molecule has 1 aromatic carbocycles. The molecule has 8 nitrogen and oxygen atoms in total. The SMILES string of the molecule is C=C/C(C)=C\C=C(/C)OC1CCN(S(=O)(=O)c2ccccc2C2(C(=O)NOC)CCN(C3CC3)CC2)CC1. The smallest absolute Gasteiger partial charge is 0.254 e. The quantitative estimate of drug-likeness (QED) is 0.272. The van der Waals surface area contributed by atoms with Crippen molar-refractivity contribution in [3.63, 3.8) is 0 Å². The Labute approximate surface area is 227 Å². The largest absolute Gasteiger partial charge is 0.495 e. The summed E-state index contributed by atoms with van der Waals surface area (Å²) in [6.07, 6.45) is 10.3. The Morgan fingerprint density at radius 2 is 1.71 bits per heavy atom. The lowest BCUT2D eigenvalue weighted by Crippen LogP contribution is -2.52. The van der Waals surface area contributed by atoms with Crippen molar-refractivity contribution in [2.24, 2.45) is 0 Å². The zero-order chi connectivity index (χ0) is 27.3. The van der Waals surface area contributed by atoms with E-state index in [0.29, 0.717) is 50.4 Å². The summed E-state index contributed by atoms with van der Waals surface area (Å²) < 4.78 is 35.6. The van der Waals surface area contributed by atoms with Crippen LogP contribution < -0.4 is 5.48 Å². The number of carbonyl (C=O) groups excluding carboxylic acids is 1. The highest BCUT2D eigenvalue weighted by atomic mass is 32.2. The normalized spacial score (nSPS) is 22.2. The van der Waals surface area contributed by atoms with E-state index in [0.717, 1.165) is 24.4 Å². The fourth-order valence-corrected chi connectivity index (χ4v) is 7.32. The van der Waals surface area contributed by atoms with Crippen LogP contribution in [0.2, 0.25) is 0 Å². The second kappa shape index (κ2) is 12.2. The molecule has 1 aliphatic carbocycles. The predicted molar refractivity (Wildman–Crippen MR) is 148 cm³/mol. The van der Waals surface area contributed by atoms with Crippen molar-refractivity contribution in [2.45, 2.75) is 74.8 Å². The number of piperidine rings is 2. The number of sulfonamides is 1. The van der Waals surface area contributed by atoms with E-state index in [-0.39, 0.29) is 16.9 Å². The third kappa shape index (κ3) is 6.22. The number of nitrogens with zero attached hydrogens (tertiary/aromatic N) is 2. The highest BCUT2D eigenvalue weighted by Crippen LogP contribution is 2.42. The van der Waals surface area contributed by atoms with Gasteiger partial charge in [0.1, 0.15) is 6.10 Å². The first-order valence-corrected chi connectivity index (χ1v) is 15.0. The molecule has 2 saturated heterocycles. The fourth-order valence-electron chi connectivity index (χ4n) is 5.56. The molecule has 38 heavy (non-hydrogen) atoms. The number of hydroxylamine groups is 1. The first-order chi connectivity index (χ1) is 18.2. The molecule has 1 aromatic rings. The van der Waals surface area contributed by atoms with E-state index >= 15 is 0 Å². The number of hydrogen-bond acceptors (Lipinski definition) is 6. The van der Waals surface area contributed by atoms with Crippen molar-refractivity contribution < 1.29 is 22.8 Å². The van der Waals surface area contributed by atoms with Crippen molar-refractivity contribution in [3.05, 3.63) is 66.0 Å². The highest BCUT2D eigenvalue weighted by Gasteiger charge is 2.48. The van der Waals surface area contributed by atoms with E-state index in [2.05, 4.69) is 17.0 Å². The van der Waals surface area contributed by atoms with Gasteiger partial charge in [-0.05, 0) is 83.2 Å². The van der Waals surface area contributed by atoms with E-state index in [1.54, 1.807) is 24.3 Å². The van der Waals surface area contributed by atoms with Crippen LogP contribution in [0.5, 0.6) is 0 Å². The summed E-state index contributed by atoms with van der Waals surface area (Å²) in [5.74, 6) is 0.509. The molecule has 0 aromatic heterocycles. The maximum Gasteiger partial charge on any atom is 0.254 e. The summed E-state index contributed by atoms with van der Waals surface area (Å²) in [4.78, 5) is 21.1. The van der Waals surface area contributed by atoms with Gasteiger partial charge >= 0.3 is 0 Å². The molecule has 1 amide bonds. The number of rotatable bonds is 10. The summed E-state index contributed by atoms with van der Waals surface area (Å²) in [5, 5.41) is 0. The molecule has 0 unspecified atom stereocenters. The van der Waals surface area contributed by atoms with E-state index < -0.39 is 15.4 Å². The number of amides is 1. The Hall–Kier alpha value is -2.46. The van der Waals surface area contributed by atoms with Crippen LogP contribution in [0, 0.1) is 0 Å². The number of likely N-dealkylation sites (tertiary alicyclic amines) is 1. The molecule has 2 heterocycles. The topological polar surface area (TPSA) is 88.2 Å². The zero-order valence-electron chi connectivity index (χ0n) is 22.8. The fraction of sp³-hybridized carbons (Fsp3) is 0.552. The van der Waals surface area contributed by atoms with Crippen LogP contribution in [-0.4, -0.2) is 69.0 Å². The highest BCUT2D eigenvalue weighted by molar-refractivity contribution is 7.89. The predicted octanol–water partition coefficient (Wildman–Crippen LogP) is 4.07. The maximum atomic E-state index is 14.0. The Morgan fingerprint density at radius 3 is 2.32 bits per heavy atom. The summed E-state index contributed by atoms with van der Waals surface area (Å²) in [6.45, 7) is 9.87. The molecule has 208 valence electrons. The van der Waals surface area contributed by atoms with Crippen LogP contribution in [0.4, 0.5) is 0 Å². The first-order valence-electron chi connectivity index (χ1n) is 13.5. The molecule has 4 rings (SSSR count). The molecule has 0 spiro atoms. The second-order valence-corrected chi connectivity index (χ2v) is 12.5. The summed E-state index contributed by atoms with van der Waals surface area (Å²) >= 11 is 0. The lowest BCUT2D eigenvalue weighted by atomic mass is 9.72. The van der Waals surface area contributed by atoms with E-state index in [1.807, 2.05) is 32.1 Å². The Balaban J connectivity index is 1.53. The third-order valence-corrected chi connectivity index (χ3v) is 9.98. The maximum absolute atomic E-state index is 14.0. The van der Waals surface area contributed by atoms with Gasteiger partial charge in [0.15, 0.2) is 0 Å². The van der Waals surface area contributed by atoms with Crippen molar-refractivity contribution in [3.8, 4) is 0 Å². The zero-order valence-corrected chi connectivity index (χ0v) is 23.6. The van der Waals surface area contributed by atoms with Crippen LogP contribution in [-0.2, 0) is 29.8 Å². The van der Waals surface area contributed by atoms with Crippen LogP contribution in [0.25, 0.3) is 0 Å². The first kappa shape index (κ1) is 28.5. The van der Waals surface area contributed by atoms with Gasteiger partial charge in [-0.25, -0.2) is 13.9 Å². The van der Waals surface area contributed by atoms with Gasteiger partial charge in [-0.15, -0.1) is 0 Å². The molecule has 2 aliphatic heterocycles. The molecule has 3 aliphatic rings. The van der Waals surface area contributed by atoms with Gasteiger partial charge in [0, 0.05) is 19.1 Å². The number of benzene rings is 1. The van der Waals surface area contributed by atoms with E-state index in [1.165, 1.54) is 24.3 Å². The molecule has 0 radical (unpaired) electrons. The van der Waals surface area contributed by atoms with Crippen molar-refractivity contribution in [1.29, 1.82) is 0 Å². The number of allylic oxidation sites excluding steroid dienone is 5. The van der Waals surface area contributed by atoms with Gasteiger partial charge in [-0.2, -0.15) is 4.31 Å². The number of nitrogens with one attached hydrogen (secondary N) is 1. The van der Waals surface area contributed by atoms with E-state index in [9.17, 15) is 13.2 Å². The lowest BCUT2D eigenvalue weighted by molar-refractivity contribution is -0.139. The minimum absolute atomic E-state index is 0.0454. The molecule has 9 heteroatoms. The second-order valence-electron chi connectivity index (χ2n) is 10.6. The van der Waals surface area contributed by atoms with Crippen LogP contribution >= 0.6 is 0 Å². The third-order valence-electron chi connectivity index (χ3n) is 8.02. The van der Waals surface area contributed by atoms with Gasteiger partial charge < -0.3 is 9.64 Å². The molecule has 0 atom stereocenters. The van der Waals surface area contributed by atoms with Crippen LogP contribution in [0.15, 0.2) is 65.3 Å². The summed E-state index contributed by atoms with van der Waals surface area (Å²) in [5.41, 5.74) is 3.16. The average molecular weight is 544 g/mol. The number of hydrogen-bond donors (Lipinski definition) is 1. The summed E-state index contributed by atoms with van der Waals surface area (Å²) in [7, 11) is -2.40. The Bertz CT molecular complexity index is 1170. The Morgan fingerprint density at radius 1 is 1.05 bits per heavy atom. The van der Waals surface area contributed by atoms with Crippen molar-refractivity contribution >= 4 is 15.9 Å². The van der Waals surface area contributed by atoms with Crippen LogP contribution in [0.3, 0.4) is 0 Å². The molecule has 1 saturated carbocycles. The van der Waals surface area contributed by atoms with Crippen molar-refractivity contribution in [1.82, 2.24) is 14.7 Å². The lowest BCUT2D eigenvalue weighted by Gasteiger charge is -2.42.